The fourth-order valence-electron chi connectivity index (χ4n) is 8.85. The average Bonchev–Trinajstić information content (AvgIpc) is 3.59. The second-order valence-corrected chi connectivity index (χ2v) is 14.5. The minimum atomic E-state index is -0.495. The lowest BCUT2D eigenvalue weighted by Crippen LogP contribution is -2.28. The predicted molar refractivity (Wildman–Crippen MR) is 239 cm³/mol. The molecule has 9 aromatic rings. The van der Waals surface area contributed by atoms with Crippen LogP contribution in [0, 0.1) is 0 Å². The van der Waals surface area contributed by atoms with Gasteiger partial charge in [-0.1, -0.05) is 170 Å². The molecule has 0 saturated heterocycles. The monoisotopic (exact) mass is 728 g/mol. The van der Waals surface area contributed by atoms with Crippen molar-refractivity contribution in [3.63, 3.8) is 0 Å². The molecule has 2 heteroatoms. The molecule has 0 radical (unpaired) electrons. The Morgan fingerprint density at radius 3 is 1.05 bits per heavy atom. The molecule has 10 rings (SSSR count). The number of hydrogen-bond acceptors (Lipinski definition) is 2. The maximum Gasteiger partial charge on any atom is 0.0713 e. The van der Waals surface area contributed by atoms with E-state index in [1.807, 2.05) is 0 Å². The summed E-state index contributed by atoms with van der Waals surface area (Å²) in [6.45, 7) is 0. The molecule has 0 amide bonds. The number of fused-ring (bicyclic) bond motifs is 3. The molecule has 0 bridgehead atoms. The first kappa shape index (κ1) is 34.1. The number of rotatable bonds is 9. The zero-order chi connectivity index (χ0) is 38.0. The molecule has 0 unspecified atom stereocenters. The molecule has 0 atom stereocenters. The molecule has 9 aromatic carbocycles. The van der Waals surface area contributed by atoms with Crippen LogP contribution >= 0.6 is 0 Å². The SMILES string of the molecule is c1ccc(N(c2ccccc2)c2cc(-c3ccc4c(c3)C(c3ccccc3)(c3ccccc3)c3ccccc3-4)cc(N(c3ccccc3)c3ccccc3)c2)cc1. The molecule has 2 nitrogen and oxygen atoms in total. The van der Waals surface area contributed by atoms with E-state index in [9.17, 15) is 0 Å². The molecular formula is C55H40N2. The highest BCUT2D eigenvalue weighted by Crippen LogP contribution is 2.57. The molecule has 0 aromatic heterocycles. The lowest BCUT2D eigenvalue weighted by Gasteiger charge is -2.34. The van der Waals surface area contributed by atoms with Crippen molar-refractivity contribution in [1.82, 2.24) is 0 Å². The third kappa shape index (κ3) is 6.00. The third-order valence-corrected chi connectivity index (χ3v) is 11.3. The summed E-state index contributed by atoms with van der Waals surface area (Å²) in [7, 11) is 0. The molecule has 0 spiro atoms. The first-order valence-electron chi connectivity index (χ1n) is 19.6. The van der Waals surface area contributed by atoms with E-state index in [4.69, 9.17) is 0 Å². The Morgan fingerprint density at radius 2 is 0.614 bits per heavy atom. The largest absolute Gasteiger partial charge is 0.310 e. The summed E-state index contributed by atoms with van der Waals surface area (Å²) in [5.74, 6) is 0. The zero-order valence-electron chi connectivity index (χ0n) is 31.5. The van der Waals surface area contributed by atoms with Gasteiger partial charge in [0.25, 0.3) is 0 Å². The maximum atomic E-state index is 2.46. The Labute approximate surface area is 335 Å². The van der Waals surface area contributed by atoms with Gasteiger partial charge in [-0.15, -0.1) is 0 Å². The van der Waals surface area contributed by atoms with Crippen molar-refractivity contribution < 1.29 is 0 Å². The van der Waals surface area contributed by atoms with Crippen molar-refractivity contribution in [2.24, 2.45) is 0 Å². The van der Waals surface area contributed by atoms with Gasteiger partial charge in [-0.2, -0.15) is 0 Å². The van der Waals surface area contributed by atoms with Gasteiger partial charge in [0, 0.05) is 34.1 Å². The fourth-order valence-corrected chi connectivity index (χ4v) is 8.85. The van der Waals surface area contributed by atoms with Gasteiger partial charge in [0.15, 0.2) is 0 Å². The number of anilines is 6. The highest BCUT2D eigenvalue weighted by Gasteiger charge is 2.46. The minimum Gasteiger partial charge on any atom is -0.310 e. The molecule has 57 heavy (non-hydrogen) atoms. The Morgan fingerprint density at radius 1 is 0.246 bits per heavy atom. The van der Waals surface area contributed by atoms with Gasteiger partial charge >= 0.3 is 0 Å². The number of para-hydroxylation sites is 4. The van der Waals surface area contributed by atoms with Crippen LogP contribution in [0.5, 0.6) is 0 Å². The standard InChI is InChI=1S/C55H40N2/c1-7-21-43(22-8-1)55(44-23-9-2-10-24-44)53-34-20-19-33-51(53)52-36-35-41(39-54(52)55)42-37-49(56(45-25-11-3-12-26-45)46-27-13-4-14-28-46)40-50(38-42)57(47-29-15-5-16-30-47)48-31-17-6-18-32-48/h1-40H. The Bertz CT molecular complexity index is 2550. The summed E-state index contributed by atoms with van der Waals surface area (Å²) in [5, 5.41) is 0. The van der Waals surface area contributed by atoms with Gasteiger partial charge in [0.2, 0.25) is 0 Å². The van der Waals surface area contributed by atoms with Crippen LogP contribution < -0.4 is 9.80 Å². The van der Waals surface area contributed by atoms with Gasteiger partial charge in [0.05, 0.1) is 5.41 Å². The van der Waals surface area contributed by atoms with Crippen LogP contribution in [0.3, 0.4) is 0 Å². The molecule has 0 fully saturated rings. The highest BCUT2D eigenvalue weighted by molar-refractivity contribution is 5.91. The van der Waals surface area contributed by atoms with E-state index in [2.05, 4.69) is 252 Å². The van der Waals surface area contributed by atoms with Gasteiger partial charge in [-0.25, -0.2) is 0 Å². The first-order chi connectivity index (χ1) is 28.3. The maximum absolute atomic E-state index is 2.46. The van der Waals surface area contributed by atoms with E-state index in [0.717, 1.165) is 45.3 Å². The summed E-state index contributed by atoms with van der Waals surface area (Å²) >= 11 is 0. The fraction of sp³-hybridized carbons (Fsp3) is 0.0182. The minimum absolute atomic E-state index is 0.495. The molecule has 1 aliphatic rings. The predicted octanol–water partition coefficient (Wildman–Crippen LogP) is 14.7. The number of nitrogens with zero attached hydrogens (tertiary/aromatic N) is 2. The third-order valence-electron chi connectivity index (χ3n) is 11.3. The van der Waals surface area contributed by atoms with Gasteiger partial charge in [-0.05, 0) is 117 Å². The summed E-state index contributed by atoms with van der Waals surface area (Å²) in [4.78, 5) is 4.73. The van der Waals surface area contributed by atoms with Crippen LogP contribution in [0.2, 0.25) is 0 Å². The molecule has 0 N–H and O–H groups in total. The second kappa shape index (κ2) is 14.7. The van der Waals surface area contributed by atoms with Crippen LogP contribution in [0.4, 0.5) is 34.1 Å². The van der Waals surface area contributed by atoms with Crippen molar-refractivity contribution in [3.8, 4) is 22.3 Å². The van der Waals surface area contributed by atoms with Crippen molar-refractivity contribution in [3.05, 3.63) is 265 Å². The van der Waals surface area contributed by atoms with Gasteiger partial charge < -0.3 is 9.80 Å². The van der Waals surface area contributed by atoms with Crippen LogP contribution in [0.15, 0.2) is 243 Å². The molecule has 0 aliphatic heterocycles. The first-order valence-corrected chi connectivity index (χ1v) is 19.6. The Hall–Kier alpha value is -7.42. The number of hydrogen-bond donors (Lipinski definition) is 0. The van der Waals surface area contributed by atoms with E-state index in [0.29, 0.717) is 0 Å². The smallest absolute Gasteiger partial charge is 0.0713 e. The lowest BCUT2D eigenvalue weighted by molar-refractivity contribution is 0.769. The van der Waals surface area contributed by atoms with Crippen molar-refractivity contribution in [1.29, 1.82) is 0 Å². The summed E-state index contributed by atoms with van der Waals surface area (Å²) in [6, 6.07) is 87.9. The zero-order valence-corrected chi connectivity index (χ0v) is 31.5. The van der Waals surface area contributed by atoms with Crippen LogP contribution in [0.1, 0.15) is 22.3 Å². The normalized spacial score (nSPS) is 12.4. The summed E-state index contributed by atoms with van der Waals surface area (Å²) in [6.07, 6.45) is 0. The summed E-state index contributed by atoms with van der Waals surface area (Å²) < 4.78 is 0. The molecule has 0 heterocycles. The Balaban J connectivity index is 1.26. The van der Waals surface area contributed by atoms with E-state index in [-0.39, 0.29) is 0 Å². The molecule has 270 valence electrons. The topological polar surface area (TPSA) is 6.48 Å². The molecule has 1 aliphatic carbocycles. The van der Waals surface area contributed by atoms with E-state index < -0.39 is 5.41 Å². The van der Waals surface area contributed by atoms with Crippen LogP contribution in [0.25, 0.3) is 22.3 Å². The molecule has 0 saturated carbocycles. The number of benzene rings is 9. The quantitative estimate of drug-likeness (QED) is 0.146. The van der Waals surface area contributed by atoms with Crippen molar-refractivity contribution in [2.75, 3.05) is 9.80 Å². The van der Waals surface area contributed by atoms with E-state index in [1.54, 1.807) is 0 Å². The van der Waals surface area contributed by atoms with Crippen molar-refractivity contribution >= 4 is 34.1 Å². The lowest BCUT2D eigenvalue weighted by atomic mass is 9.67. The summed E-state index contributed by atoms with van der Waals surface area (Å²) in [5.41, 5.74) is 15.9. The van der Waals surface area contributed by atoms with Crippen molar-refractivity contribution in [2.45, 2.75) is 5.41 Å². The van der Waals surface area contributed by atoms with Gasteiger partial charge in [0.1, 0.15) is 0 Å². The van der Waals surface area contributed by atoms with Crippen LogP contribution in [-0.2, 0) is 5.41 Å². The van der Waals surface area contributed by atoms with Gasteiger partial charge in [-0.3, -0.25) is 0 Å². The van der Waals surface area contributed by atoms with E-state index >= 15 is 0 Å². The highest BCUT2D eigenvalue weighted by atomic mass is 15.2. The average molecular weight is 729 g/mol. The second-order valence-electron chi connectivity index (χ2n) is 14.5. The molecular weight excluding hydrogens is 689 g/mol. The Kier molecular flexibility index (Phi) is 8.78. The van der Waals surface area contributed by atoms with E-state index in [1.165, 1.54) is 33.4 Å². The van der Waals surface area contributed by atoms with Crippen LogP contribution in [-0.4, -0.2) is 0 Å².